The molecule has 0 saturated heterocycles. The van der Waals surface area contributed by atoms with Crippen molar-refractivity contribution in [1.29, 1.82) is 0 Å². The van der Waals surface area contributed by atoms with Crippen LogP contribution in [0.5, 0.6) is 0 Å². The molecule has 2 aromatic rings. The number of amides is 1. The van der Waals surface area contributed by atoms with Gasteiger partial charge in [0.1, 0.15) is 11.6 Å². The molecule has 1 atom stereocenters. The second-order valence-electron chi connectivity index (χ2n) is 5.81. The van der Waals surface area contributed by atoms with Crippen molar-refractivity contribution in [3.05, 3.63) is 65.2 Å². The quantitative estimate of drug-likeness (QED) is 0.703. The summed E-state index contributed by atoms with van der Waals surface area (Å²) in [4.78, 5) is 11.2. The average Bonchev–Trinajstić information content (AvgIpc) is 2.59. The van der Waals surface area contributed by atoms with Gasteiger partial charge in [0.25, 0.3) is 0 Å². The lowest BCUT2D eigenvalue weighted by atomic mass is 10.1. The highest BCUT2D eigenvalue weighted by Crippen LogP contribution is 2.30. The minimum atomic E-state index is -4.72. The predicted molar refractivity (Wildman–Crippen MR) is 89.5 cm³/mol. The van der Waals surface area contributed by atoms with Gasteiger partial charge < -0.3 is 5.32 Å². The van der Waals surface area contributed by atoms with Gasteiger partial charge in [-0.25, -0.2) is 21.9 Å². The average molecular weight is 422 g/mol. The standard InChI is InChI=1S/C17H15F5N2O3S/c1-10(14-6-5-12(18)8-15(14)19)24-16(25)9-23-28(26,27)13-4-2-3-11(7-13)17(20,21)22/h2-8,10,23H,9H2,1H3,(H,24,25). The highest BCUT2D eigenvalue weighted by Gasteiger charge is 2.31. The Morgan fingerprint density at radius 1 is 1.11 bits per heavy atom. The topological polar surface area (TPSA) is 75.3 Å². The molecular formula is C17H15F5N2O3S. The van der Waals surface area contributed by atoms with E-state index in [1.54, 1.807) is 0 Å². The lowest BCUT2D eigenvalue weighted by Gasteiger charge is -2.16. The summed E-state index contributed by atoms with van der Waals surface area (Å²) >= 11 is 0. The van der Waals surface area contributed by atoms with Crippen LogP contribution in [0.25, 0.3) is 0 Å². The molecule has 0 aliphatic rings. The molecule has 5 nitrogen and oxygen atoms in total. The van der Waals surface area contributed by atoms with Crippen LogP contribution in [0.15, 0.2) is 47.4 Å². The van der Waals surface area contributed by atoms with Gasteiger partial charge >= 0.3 is 6.18 Å². The molecule has 28 heavy (non-hydrogen) atoms. The first kappa shape index (κ1) is 21.8. The van der Waals surface area contributed by atoms with Gasteiger partial charge in [-0.2, -0.15) is 13.2 Å². The van der Waals surface area contributed by atoms with Crippen LogP contribution in [0.2, 0.25) is 0 Å². The summed E-state index contributed by atoms with van der Waals surface area (Å²) in [5, 5.41) is 2.31. The van der Waals surface area contributed by atoms with Crippen LogP contribution >= 0.6 is 0 Å². The van der Waals surface area contributed by atoms with E-state index >= 15 is 0 Å². The third-order valence-electron chi connectivity index (χ3n) is 3.70. The summed E-state index contributed by atoms with van der Waals surface area (Å²) in [5.41, 5.74) is -1.17. The number of hydrogen-bond acceptors (Lipinski definition) is 3. The van der Waals surface area contributed by atoms with E-state index < -0.39 is 56.8 Å². The summed E-state index contributed by atoms with van der Waals surface area (Å²) in [6.45, 7) is 0.612. The van der Waals surface area contributed by atoms with E-state index in [-0.39, 0.29) is 5.56 Å². The lowest BCUT2D eigenvalue weighted by Crippen LogP contribution is -2.38. The Morgan fingerprint density at radius 3 is 2.39 bits per heavy atom. The Labute approximate surface area is 157 Å². The zero-order chi connectivity index (χ0) is 21.1. The molecule has 1 amide bonds. The number of carbonyl (C=O) groups excluding carboxylic acids is 1. The summed E-state index contributed by atoms with van der Waals surface area (Å²) in [5.74, 6) is -2.54. The van der Waals surface area contributed by atoms with Crippen molar-refractivity contribution in [3.63, 3.8) is 0 Å². The maximum absolute atomic E-state index is 13.7. The zero-order valence-electron chi connectivity index (χ0n) is 14.3. The number of carbonyl (C=O) groups is 1. The molecule has 11 heteroatoms. The number of rotatable bonds is 6. The van der Waals surface area contributed by atoms with Crippen LogP contribution in [0.4, 0.5) is 22.0 Å². The van der Waals surface area contributed by atoms with Gasteiger partial charge in [0, 0.05) is 11.6 Å². The third kappa shape index (κ3) is 5.49. The Morgan fingerprint density at radius 2 is 1.79 bits per heavy atom. The van der Waals surface area contributed by atoms with Gasteiger partial charge in [0.05, 0.1) is 23.0 Å². The summed E-state index contributed by atoms with van der Waals surface area (Å²) in [6.07, 6.45) is -4.72. The molecule has 0 spiro atoms. The molecule has 0 aliphatic carbocycles. The van der Waals surface area contributed by atoms with E-state index in [9.17, 15) is 35.2 Å². The normalized spacial score (nSPS) is 13.2. The minimum absolute atomic E-state index is 0.0181. The van der Waals surface area contributed by atoms with E-state index in [1.165, 1.54) is 6.92 Å². The number of sulfonamides is 1. The molecule has 2 aromatic carbocycles. The number of halogens is 5. The fourth-order valence-corrected chi connectivity index (χ4v) is 3.33. The number of benzene rings is 2. The molecular weight excluding hydrogens is 407 g/mol. The first-order valence-corrected chi connectivity index (χ1v) is 9.29. The molecule has 0 saturated carbocycles. The number of alkyl halides is 3. The molecule has 0 bridgehead atoms. The largest absolute Gasteiger partial charge is 0.416 e. The van der Waals surface area contributed by atoms with Gasteiger partial charge in [0.15, 0.2) is 0 Å². The number of hydrogen-bond donors (Lipinski definition) is 2. The number of nitrogens with one attached hydrogen (secondary N) is 2. The summed E-state index contributed by atoms with van der Waals surface area (Å²) in [7, 11) is -4.39. The fraction of sp³-hybridized carbons (Fsp3) is 0.235. The van der Waals surface area contributed by atoms with E-state index in [1.807, 2.05) is 4.72 Å². The molecule has 1 unspecified atom stereocenters. The molecule has 0 aromatic heterocycles. The molecule has 0 heterocycles. The van der Waals surface area contributed by atoms with Crippen molar-refractivity contribution in [2.45, 2.75) is 24.0 Å². The molecule has 0 fully saturated rings. The maximum Gasteiger partial charge on any atom is 0.416 e. The SMILES string of the molecule is CC(NC(=O)CNS(=O)(=O)c1cccc(C(F)(F)F)c1)c1ccc(F)cc1F. The Hall–Kier alpha value is -2.53. The second kappa shape index (κ2) is 8.23. The van der Waals surface area contributed by atoms with Crippen LogP contribution in [0.3, 0.4) is 0 Å². The van der Waals surface area contributed by atoms with Crippen molar-refractivity contribution in [2.75, 3.05) is 6.54 Å². The molecule has 152 valence electrons. The Bertz CT molecular complexity index is 977. The van der Waals surface area contributed by atoms with E-state index in [0.29, 0.717) is 18.2 Å². The van der Waals surface area contributed by atoms with Gasteiger partial charge in [-0.3, -0.25) is 4.79 Å². The summed E-state index contributed by atoms with van der Waals surface area (Å²) in [6, 6.07) is 4.89. The van der Waals surface area contributed by atoms with E-state index in [4.69, 9.17) is 0 Å². The smallest absolute Gasteiger partial charge is 0.348 e. The van der Waals surface area contributed by atoms with Gasteiger partial charge in [0.2, 0.25) is 15.9 Å². The van der Waals surface area contributed by atoms with Crippen molar-refractivity contribution in [2.24, 2.45) is 0 Å². The van der Waals surface area contributed by atoms with E-state index in [2.05, 4.69) is 5.32 Å². The minimum Gasteiger partial charge on any atom is -0.348 e. The van der Waals surface area contributed by atoms with Crippen LogP contribution in [0.1, 0.15) is 24.1 Å². The van der Waals surface area contributed by atoms with Crippen molar-refractivity contribution in [1.82, 2.24) is 10.0 Å². The highest BCUT2D eigenvalue weighted by molar-refractivity contribution is 7.89. The Kier molecular flexibility index (Phi) is 6.40. The molecule has 0 radical (unpaired) electrons. The van der Waals surface area contributed by atoms with Crippen molar-refractivity contribution < 1.29 is 35.2 Å². The monoisotopic (exact) mass is 422 g/mol. The molecule has 0 aliphatic heterocycles. The first-order valence-electron chi connectivity index (χ1n) is 7.81. The summed E-state index contributed by atoms with van der Waals surface area (Å²) < 4.78 is 90.8. The van der Waals surface area contributed by atoms with Crippen LogP contribution in [-0.4, -0.2) is 20.9 Å². The van der Waals surface area contributed by atoms with Crippen molar-refractivity contribution in [3.8, 4) is 0 Å². The van der Waals surface area contributed by atoms with Crippen LogP contribution < -0.4 is 10.0 Å². The predicted octanol–water partition coefficient (Wildman–Crippen LogP) is 3.14. The van der Waals surface area contributed by atoms with Crippen LogP contribution in [0, 0.1) is 11.6 Å². The van der Waals surface area contributed by atoms with Gasteiger partial charge in [-0.05, 0) is 31.2 Å². The second-order valence-corrected chi connectivity index (χ2v) is 7.57. The zero-order valence-corrected chi connectivity index (χ0v) is 15.2. The maximum atomic E-state index is 13.7. The Balaban J connectivity index is 2.03. The fourth-order valence-electron chi connectivity index (χ4n) is 2.31. The molecule has 2 N–H and O–H groups in total. The van der Waals surface area contributed by atoms with Gasteiger partial charge in [-0.1, -0.05) is 12.1 Å². The van der Waals surface area contributed by atoms with E-state index in [0.717, 1.165) is 24.3 Å². The third-order valence-corrected chi connectivity index (χ3v) is 5.10. The molecule has 2 rings (SSSR count). The highest BCUT2D eigenvalue weighted by atomic mass is 32.2. The first-order chi connectivity index (χ1) is 12.9. The van der Waals surface area contributed by atoms with Gasteiger partial charge in [-0.15, -0.1) is 0 Å². The van der Waals surface area contributed by atoms with Crippen LogP contribution in [-0.2, 0) is 21.0 Å². The van der Waals surface area contributed by atoms with Crippen molar-refractivity contribution >= 4 is 15.9 Å². The lowest BCUT2D eigenvalue weighted by molar-refractivity contribution is -0.137.